The van der Waals surface area contributed by atoms with Gasteiger partial charge in [-0.15, -0.1) is 11.8 Å². The van der Waals surface area contributed by atoms with Gasteiger partial charge in [-0.2, -0.15) is 5.10 Å². The van der Waals surface area contributed by atoms with Gasteiger partial charge in [0.1, 0.15) is 5.69 Å². The molecule has 0 aliphatic heterocycles. The first-order chi connectivity index (χ1) is 8.16. The number of thioether (sulfide) groups is 1. The fourth-order valence-corrected chi connectivity index (χ4v) is 2.81. The van der Waals surface area contributed by atoms with E-state index in [4.69, 9.17) is 0 Å². The Morgan fingerprint density at radius 2 is 2.29 bits per heavy atom. The van der Waals surface area contributed by atoms with Crippen LogP contribution in [-0.2, 0) is 7.05 Å². The van der Waals surface area contributed by atoms with Gasteiger partial charge in [-0.25, -0.2) is 0 Å². The highest BCUT2D eigenvalue weighted by Gasteiger charge is 2.10. The number of hydrogen-bond acceptors (Lipinski definition) is 3. The molecule has 0 aliphatic carbocycles. The van der Waals surface area contributed by atoms with Crippen molar-refractivity contribution in [3.63, 3.8) is 0 Å². The van der Waals surface area contributed by atoms with E-state index in [9.17, 15) is 4.79 Å². The molecule has 0 bridgehead atoms. The number of ketones is 1. The van der Waals surface area contributed by atoms with Crippen LogP contribution in [0.4, 0.5) is 0 Å². The maximum atomic E-state index is 11.9. The highest BCUT2D eigenvalue weighted by atomic mass is 79.9. The molecule has 1 aromatic heterocycles. The van der Waals surface area contributed by atoms with E-state index in [0.29, 0.717) is 11.4 Å². The van der Waals surface area contributed by atoms with E-state index >= 15 is 0 Å². The number of halogens is 1. The van der Waals surface area contributed by atoms with Crippen LogP contribution in [0.1, 0.15) is 10.5 Å². The third-order valence-electron chi connectivity index (χ3n) is 2.27. The maximum absolute atomic E-state index is 11.9. The molecule has 88 valence electrons. The van der Waals surface area contributed by atoms with Gasteiger partial charge in [0.15, 0.2) is 5.78 Å². The molecule has 0 saturated heterocycles. The summed E-state index contributed by atoms with van der Waals surface area (Å²) in [5, 5.41) is 3.99. The predicted molar refractivity (Wildman–Crippen MR) is 72.4 cm³/mol. The molecule has 0 amide bonds. The predicted octanol–water partition coefficient (Wildman–Crippen LogP) is 3.16. The van der Waals surface area contributed by atoms with Crippen molar-refractivity contribution in [1.82, 2.24) is 9.78 Å². The van der Waals surface area contributed by atoms with Crippen molar-refractivity contribution in [2.24, 2.45) is 7.05 Å². The summed E-state index contributed by atoms with van der Waals surface area (Å²) in [6.07, 6.45) is 1.64. The largest absolute Gasteiger partial charge is 0.292 e. The van der Waals surface area contributed by atoms with Gasteiger partial charge in [0.05, 0.1) is 5.75 Å². The van der Waals surface area contributed by atoms with Gasteiger partial charge in [0.2, 0.25) is 0 Å². The van der Waals surface area contributed by atoms with Crippen molar-refractivity contribution in [1.29, 1.82) is 0 Å². The maximum Gasteiger partial charge on any atom is 0.191 e. The van der Waals surface area contributed by atoms with Gasteiger partial charge in [-0.05, 0) is 24.3 Å². The van der Waals surface area contributed by atoms with Crippen LogP contribution >= 0.6 is 27.7 Å². The van der Waals surface area contributed by atoms with Crippen LogP contribution < -0.4 is 0 Å². The zero-order chi connectivity index (χ0) is 12.3. The highest BCUT2D eigenvalue weighted by molar-refractivity contribution is 9.10. The molecule has 0 fully saturated rings. The van der Waals surface area contributed by atoms with Gasteiger partial charge in [0.25, 0.3) is 0 Å². The summed E-state index contributed by atoms with van der Waals surface area (Å²) in [6.45, 7) is 0. The van der Waals surface area contributed by atoms with E-state index in [-0.39, 0.29) is 5.78 Å². The van der Waals surface area contributed by atoms with Crippen molar-refractivity contribution < 1.29 is 4.79 Å². The summed E-state index contributed by atoms with van der Waals surface area (Å²) in [6, 6.07) is 9.66. The van der Waals surface area contributed by atoms with Gasteiger partial charge in [-0.3, -0.25) is 9.48 Å². The number of rotatable bonds is 4. The number of carbonyl (C=O) groups excluding carboxylic acids is 1. The van der Waals surface area contributed by atoms with Crippen LogP contribution in [0.3, 0.4) is 0 Å². The summed E-state index contributed by atoms with van der Waals surface area (Å²) < 4.78 is 2.62. The van der Waals surface area contributed by atoms with Crippen molar-refractivity contribution >= 4 is 33.5 Å². The minimum absolute atomic E-state index is 0.0926. The molecule has 2 aromatic rings. The lowest BCUT2D eigenvalue weighted by molar-refractivity contribution is 0.101. The van der Waals surface area contributed by atoms with Crippen LogP contribution in [0, 0.1) is 0 Å². The quantitative estimate of drug-likeness (QED) is 0.642. The molecule has 0 aliphatic rings. The number of aromatic nitrogens is 2. The molecular weight excluding hydrogens is 300 g/mol. The Labute approximate surface area is 112 Å². The Hall–Kier alpha value is -1.07. The zero-order valence-electron chi connectivity index (χ0n) is 9.26. The highest BCUT2D eigenvalue weighted by Crippen LogP contribution is 2.22. The molecule has 0 atom stereocenters. The van der Waals surface area contributed by atoms with Crippen LogP contribution in [0.5, 0.6) is 0 Å². The Balaban J connectivity index is 1.99. The van der Waals surface area contributed by atoms with Crippen LogP contribution in [-0.4, -0.2) is 21.3 Å². The Kier molecular flexibility index (Phi) is 4.02. The van der Waals surface area contributed by atoms with Crippen molar-refractivity contribution in [3.8, 4) is 0 Å². The number of benzene rings is 1. The fourth-order valence-electron chi connectivity index (χ4n) is 1.43. The van der Waals surface area contributed by atoms with Gasteiger partial charge >= 0.3 is 0 Å². The molecule has 0 radical (unpaired) electrons. The smallest absolute Gasteiger partial charge is 0.191 e. The zero-order valence-corrected chi connectivity index (χ0v) is 11.7. The standard InChI is InChI=1S/C12H11BrN2OS/c1-15-11(5-6-14-15)12(16)8-17-10-4-2-3-9(13)7-10/h2-7H,8H2,1H3. The molecule has 1 heterocycles. The molecule has 0 saturated carbocycles. The molecule has 0 spiro atoms. The normalized spacial score (nSPS) is 10.5. The summed E-state index contributed by atoms with van der Waals surface area (Å²) in [4.78, 5) is 13.0. The van der Waals surface area contributed by atoms with E-state index < -0.39 is 0 Å². The molecule has 0 N–H and O–H groups in total. The van der Waals surface area contributed by atoms with E-state index in [1.807, 2.05) is 24.3 Å². The molecule has 1 aromatic carbocycles. The lowest BCUT2D eigenvalue weighted by Gasteiger charge is -2.02. The first kappa shape index (κ1) is 12.4. The fraction of sp³-hybridized carbons (Fsp3) is 0.167. The van der Waals surface area contributed by atoms with Crippen molar-refractivity contribution in [2.45, 2.75) is 4.90 Å². The summed E-state index contributed by atoms with van der Waals surface area (Å²) in [5.41, 5.74) is 0.646. The summed E-state index contributed by atoms with van der Waals surface area (Å²) in [7, 11) is 1.77. The molecule has 3 nitrogen and oxygen atoms in total. The second-order valence-corrected chi connectivity index (χ2v) is 5.47. The minimum atomic E-state index is 0.0926. The average molecular weight is 311 g/mol. The molecule has 0 unspecified atom stereocenters. The molecule has 2 rings (SSSR count). The average Bonchev–Trinajstić information content (AvgIpc) is 2.72. The Morgan fingerprint density at radius 3 is 2.94 bits per heavy atom. The Morgan fingerprint density at radius 1 is 1.47 bits per heavy atom. The van der Waals surface area contributed by atoms with Crippen molar-refractivity contribution in [3.05, 3.63) is 46.7 Å². The van der Waals surface area contributed by atoms with Gasteiger partial charge < -0.3 is 0 Å². The van der Waals surface area contributed by atoms with E-state index in [2.05, 4.69) is 21.0 Å². The number of Topliss-reactive ketones (excluding diaryl/α,β-unsaturated/α-hetero) is 1. The Bertz CT molecular complexity index is 539. The monoisotopic (exact) mass is 310 g/mol. The SMILES string of the molecule is Cn1nccc1C(=O)CSc1cccc(Br)c1. The first-order valence-electron chi connectivity index (χ1n) is 5.06. The molecular formula is C12H11BrN2OS. The number of hydrogen-bond donors (Lipinski definition) is 0. The number of nitrogens with zero attached hydrogens (tertiary/aromatic N) is 2. The summed E-state index contributed by atoms with van der Waals surface area (Å²) in [5.74, 6) is 0.519. The van der Waals surface area contributed by atoms with E-state index in [1.165, 1.54) is 11.8 Å². The van der Waals surface area contributed by atoms with Crippen LogP contribution in [0.15, 0.2) is 45.9 Å². The topological polar surface area (TPSA) is 34.9 Å². The van der Waals surface area contributed by atoms with Crippen LogP contribution in [0.2, 0.25) is 0 Å². The van der Waals surface area contributed by atoms with Gasteiger partial charge in [-0.1, -0.05) is 22.0 Å². The van der Waals surface area contributed by atoms with E-state index in [1.54, 1.807) is 24.0 Å². The number of aryl methyl sites for hydroxylation is 1. The summed E-state index contributed by atoms with van der Waals surface area (Å²) >= 11 is 4.94. The third kappa shape index (κ3) is 3.20. The molecule has 17 heavy (non-hydrogen) atoms. The second kappa shape index (κ2) is 5.51. The second-order valence-electron chi connectivity index (χ2n) is 3.51. The minimum Gasteiger partial charge on any atom is -0.292 e. The number of carbonyl (C=O) groups is 1. The van der Waals surface area contributed by atoms with Crippen molar-refractivity contribution in [2.75, 3.05) is 5.75 Å². The molecule has 5 heteroatoms. The van der Waals surface area contributed by atoms with Crippen LogP contribution in [0.25, 0.3) is 0 Å². The lowest BCUT2D eigenvalue weighted by atomic mass is 10.3. The first-order valence-corrected chi connectivity index (χ1v) is 6.84. The van der Waals surface area contributed by atoms with Gasteiger partial charge in [0, 0.05) is 22.6 Å². The third-order valence-corrected chi connectivity index (χ3v) is 3.76. The lowest BCUT2D eigenvalue weighted by Crippen LogP contribution is -2.08. The van der Waals surface area contributed by atoms with E-state index in [0.717, 1.165) is 9.37 Å².